The summed E-state index contributed by atoms with van der Waals surface area (Å²) in [5.41, 5.74) is 1.92. The van der Waals surface area contributed by atoms with E-state index in [1.54, 1.807) is 0 Å². The van der Waals surface area contributed by atoms with Crippen molar-refractivity contribution in [2.75, 3.05) is 46.3 Å². The second-order valence-electron chi connectivity index (χ2n) is 6.75. The van der Waals surface area contributed by atoms with E-state index in [9.17, 15) is 0 Å². The molecule has 0 aromatic heterocycles. The van der Waals surface area contributed by atoms with Gasteiger partial charge in [-0.3, -0.25) is 4.90 Å². The first-order chi connectivity index (χ1) is 10.3. The highest BCUT2D eigenvalue weighted by Gasteiger charge is 2.38. The Morgan fingerprint density at radius 1 is 1.00 bits per heavy atom. The molecule has 3 rings (SSSR count). The van der Waals surface area contributed by atoms with E-state index in [1.165, 1.54) is 70.5 Å². The largest absolute Gasteiger partial charge is 0.317 e. The zero-order valence-corrected chi connectivity index (χ0v) is 13.4. The smallest absolute Gasteiger partial charge is 0.0238 e. The molecule has 0 unspecified atom stereocenters. The van der Waals surface area contributed by atoms with Gasteiger partial charge in [0.2, 0.25) is 0 Å². The summed E-state index contributed by atoms with van der Waals surface area (Å²) in [7, 11) is 2.25. The van der Waals surface area contributed by atoms with E-state index in [0.717, 1.165) is 0 Å². The third-order valence-electron chi connectivity index (χ3n) is 5.43. The van der Waals surface area contributed by atoms with E-state index in [2.05, 4.69) is 52.5 Å². The third-order valence-corrected chi connectivity index (χ3v) is 5.43. The average molecular weight is 287 g/mol. The number of rotatable bonds is 4. The van der Waals surface area contributed by atoms with Gasteiger partial charge in [-0.25, -0.2) is 0 Å². The van der Waals surface area contributed by atoms with Crippen LogP contribution in [0.2, 0.25) is 0 Å². The minimum absolute atomic E-state index is 0.433. The molecular weight excluding hydrogens is 258 g/mol. The van der Waals surface area contributed by atoms with E-state index >= 15 is 0 Å². The van der Waals surface area contributed by atoms with E-state index in [1.807, 2.05) is 0 Å². The molecule has 0 amide bonds. The maximum absolute atomic E-state index is 3.55. The molecule has 2 saturated heterocycles. The molecule has 0 bridgehead atoms. The first-order valence-corrected chi connectivity index (χ1v) is 8.47. The van der Waals surface area contributed by atoms with E-state index in [4.69, 9.17) is 0 Å². The van der Waals surface area contributed by atoms with Gasteiger partial charge in [0.15, 0.2) is 0 Å². The number of likely N-dealkylation sites (N-methyl/N-ethyl adjacent to an activating group) is 1. The van der Waals surface area contributed by atoms with Crippen LogP contribution in [0.5, 0.6) is 0 Å². The van der Waals surface area contributed by atoms with Crippen LogP contribution in [0.4, 0.5) is 0 Å². The summed E-state index contributed by atoms with van der Waals surface area (Å²) < 4.78 is 0. The second kappa shape index (κ2) is 6.91. The summed E-state index contributed by atoms with van der Waals surface area (Å²) in [6, 6.07) is 11.0. The molecule has 0 spiro atoms. The van der Waals surface area contributed by atoms with Crippen molar-refractivity contribution in [3.63, 3.8) is 0 Å². The summed E-state index contributed by atoms with van der Waals surface area (Å²) in [5, 5.41) is 3.55. The van der Waals surface area contributed by atoms with Gasteiger partial charge in [0, 0.05) is 31.7 Å². The minimum Gasteiger partial charge on any atom is -0.317 e. The lowest BCUT2D eigenvalue weighted by atomic mass is 9.80. The zero-order valence-electron chi connectivity index (χ0n) is 13.4. The lowest BCUT2D eigenvalue weighted by Crippen LogP contribution is -2.60. The fourth-order valence-electron chi connectivity index (χ4n) is 3.92. The molecular formula is C18H29N3. The van der Waals surface area contributed by atoms with E-state index in [-0.39, 0.29) is 0 Å². The van der Waals surface area contributed by atoms with Crippen LogP contribution in [-0.4, -0.2) is 61.7 Å². The van der Waals surface area contributed by atoms with Crippen molar-refractivity contribution in [1.29, 1.82) is 0 Å². The van der Waals surface area contributed by atoms with Gasteiger partial charge in [-0.2, -0.15) is 0 Å². The van der Waals surface area contributed by atoms with Gasteiger partial charge in [-0.15, -0.1) is 0 Å². The van der Waals surface area contributed by atoms with Gasteiger partial charge in [0.05, 0.1) is 0 Å². The highest BCUT2D eigenvalue weighted by atomic mass is 15.3. The lowest BCUT2D eigenvalue weighted by molar-refractivity contribution is 0.0123. The summed E-state index contributed by atoms with van der Waals surface area (Å²) in [6.07, 6.45) is 5.14. The first-order valence-electron chi connectivity index (χ1n) is 8.47. The van der Waals surface area contributed by atoms with E-state index in [0.29, 0.717) is 5.54 Å². The van der Waals surface area contributed by atoms with Crippen LogP contribution >= 0.6 is 0 Å². The van der Waals surface area contributed by atoms with Crippen molar-refractivity contribution in [3.8, 4) is 0 Å². The van der Waals surface area contributed by atoms with Crippen molar-refractivity contribution in [1.82, 2.24) is 15.1 Å². The number of piperidine rings is 1. The zero-order chi connectivity index (χ0) is 14.5. The number of piperazine rings is 1. The van der Waals surface area contributed by atoms with E-state index < -0.39 is 0 Å². The third kappa shape index (κ3) is 3.65. The summed E-state index contributed by atoms with van der Waals surface area (Å²) >= 11 is 0. The quantitative estimate of drug-likeness (QED) is 0.913. The Labute approximate surface area is 129 Å². The molecule has 21 heavy (non-hydrogen) atoms. The standard InChI is InChI=1S/C18H29N3/c1-20-13-15-21(16-14-20)18(9-11-19-12-10-18)8-7-17-5-3-2-4-6-17/h2-6,19H,7-16H2,1H3. The van der Waals surface area contributed by atoms with Crippen LogP contribution in [0, 0.1) is 0 Å². The molecule has 3 heteroatoms. The molecule has 1 aromatic rings. The Balaban J connectivity index is 1.67. The van der Waals surface area contributed by atoms with Crippen LogP contribution in [0.3, 0.4) is 0 Å². The number of nitrogens with one attached hydrogen (secondary N) is 1. The topological polar surface area (TPSA) is 18.5 Å². The predicted molar refractivity (Wildman–Crippen MR) is 88.7 cm³/mol. The maximum Gasteiger partial charge on any atom is 0.0238 e. The number of aryl methyl sites for hydroxylation is 1. The van der Waals surface area contributed by atoms with Crippen molar-refractivity contribution in [3.05, 3.63) is 35.9 Å². The number of nitrogens with zero attached hydrogens (tertiary/aromatic N) is 2. The SMILES string of the molecule is CN1CCN(C2(CCc3ccccc3)CCNCC2)CC1. The van der Waals surface area contributed by atoms with Crippen molar-refractivity contribution in [2.24, 2.45) is 0 Å². The molecule has 0 radical (unpaired) electrons. The molecule has 0 saturated carbocycles. The van der Waals surface area contributed by atoms with Crippen molar-refractivity contribution in [2.45, 2.75) is 31.2 Å². The van der Waals surface area contributed by atoms with Gasteiger partial charge in [0.25, 0.3) is 0 Å². The lowest BCUT2D eigenvalue weighted by Gasteiger charge is -2.50. The maximum atomic E-state index is 3.55. The molecule has 1 N–H and O–H groups in total. The molecule has 2 aliphatic heterocycles. The predicted octanol–water partition coefficient (Wildman–Crippen LogP) is 1.99. The highest BCUT2D eigenvalue weighted by molar-refractivity contribution is 5.15. The fraction of sp³-hybridized carbons (Fsp3) is 0.667. The average Bonchev–Trinajstić information content (AvgIpc) is 2.55. The van der Waals surface area contributed by atoms with Crippen molar-refractivity contribution < 1.29 is 0 Å². The van der Waals surface area contributed by atoms with Crippen LogP contribution < -0.4 is 5.32 Å². The molecule has 0 atom stereocenters. The Hall–Kier alpha value is -0.900. The van der Waals surface area contributed by atoms with Crippen molar-refractivity contribution >= 4 is 0 Å². The number of hydrogen-bond donors (Lipinski definition) is 1. The molecule has 0 aliphatic carbocycles. The number of hydrogen-bond acceptors (Lipinski definition) is 3. The summed E-state index contributed by atoms with van der Waals surface area (Å²) in [6.45, 7) is 7.29. The Kier molecular flexibility index (Phi) is 4.94. The van der Waals surface area contributed by atoms with Gasteiger partial charge >= 0.3 is 0 Å². The van der Waals surface area contributed by atoms with Gasteiger partial charge in [-0.1, -0.05) is 30.3 Å². The van der Waals surface area contributed by atoms with Gasteiger partial charge in [-0.05, 0) is 51.4 Å². The first kappa shape index (κ1) is 15.0. The molecule has 2 aliphatic rings. The van der Waals surface area contributed by atoms with Crippen LogP contribution in [0.25, 0.3) is 0 Å². The van der Waals surface area contributed by atoms with Crippen LogP contribution in [0.15, 0.2) is 30.3 Å². The van der Waals surface area contributed by atoms with Gasteiger partial charge in [0.1, 0.15) is 0 Å². The molecule has 3 nitrogen and oxygen atoms in total. The molecule has 116 valence electrons. The number of benzene rings is 1. The molecule has 2 fully saturated rings. The Bertz CT molecular complexity index is 417. The second-order valence-corrected chi connectivity index (χ2v) is 6.75. The minimum atomic E-state index is 0.433. The fourth-order valence-corrected chi connectivity index (χ4v) is 3.92. The Morgan fingerprint density at radius 3 is 2.33 bits per heavy atom. The highest BCUT2D eigenvalue weighted by Crippen LogP contribution is 2.32. The summed E-state index contributed by atoms with van der Waals surface area (Å²) in [4.78, 5) is 5.26. The molecule has 1 aromatic carbocycles. The normalized spacial score (nSPS) is 24.0. The van der Waals surface area contributed by atoms with Gasteiger partial charge < -0.3 is 10.2 Å². The van der Waals surface area contributed by atoms with Crippen LogP contribution in [0.1, 0.15) is 24.8 Å². The summed E-state index contributed by atoms with van der Waals surface area (Å²) in [5.74, 6) is 0. The monoisotopic (exact) mass is 287 g/mol. The Morgan fingerprint density at radius 2 is 1.67 bits per heavy atom. The molecule has 2 heterocycles. The van der Waals surface area contributed by atoms with Crippen LogP contribution in [-0.2, 0) is 6.42 Å².